The summed E-state index contributed by atoms with van der Waals surface area (Å²) >= 11 is 0. The van der Waals surface area contributed by atoms with Crippen LogP contribution >= 0.6 is 0 Å². The average molecular weight is 302 g/mol. The predicted molar refractivity (Wildman–Crippen MR) is 72.5 cm³/mol. The van der Waals surface area contributed by atoms with Crippen molar-refractivity contribution in [1.29, 1.82) is 0 Å². The van der Waals surface area contributed by atoms with Crippen LogP contribution < -0.4 is 5.32 Å². The Bertz CT molecular complexity index is 350. The van der Waals surface area contributed by atoms with Crippen molar-refractivity contribution in [2.45, 2.75) is 18.9 Å². The van der Waals surface area contributed by atoms with E-state index in [-0.39, 0.29) is 31.6 Å². The molecule has 1 aliphatic rings. The van der Waals surface area contributed by atoms with Gasteiger partial charge in [0.15, 0.2) is 0 Å². The van der Waals surface area contributed by atoms with Crippen LogP contribution in [0, 0.1) is 0 Å². The number of hydrogen-bond acceptors (Lipinski definition) is 7. The summed E-state index contributed by atoms with van der Waals surface area (Å²) < 4.78 is 14.5. The van der Waals surface area contributed by atoms with Gasteiger partial charge in [0.05, 0.1) is 40.0 Å². The number of hydrogen-bond donors (Lipinski definition) is 1. The third kappa shape index (κ3) is 7.05. The van der Waals surface area contributed by atoms with E-state index in [1.165, 1.54) is 19.1 Å². The highest BCUT2D eigenvalue weighted by Gasteiger charge is 2.20. The Morgan fingerprint density at radius 1 is 1.14 bits per heavy atom. The highest BCUT2D eigenvalue weighted by Crippen LogP contribution is 2.10. The summed E-state index contributed by atoms with van der Waals surface area (Å²) in [6.07, 6.45) is 1.97. The summed E-state index contributed by atoms with van der Waals surface area (Å²) in [5.41, 5.74) is 0. The van der Waals surface area contributed by atoms with Crippen LogP contribution in [0.4, 0.5) is 0 Å². The lowest BCUT2D eigenvalue weighted by Crippen LogP contribution is -2.44. The molecule has 0 radical (unpaired) electrons. The second-order valence-corrected chi connectivity index (χ2v) is 4.74. The Hall–Kier alpha value is -1.67. The molecule has 0 aromatic carbocycles. The molecule has 0 aromatic heterocycles. The Balaban J connectivity index is 2.39. The molecule has 8 heteroatoms. The van der Waals surface area contributed by atoms with Crippen LogP contribution in [0.2, 0.25) is 0 Å². The molecule has 1 atom stereocenters. The Kier molecular flexibility index (Phi) is 7.70. The predicted octanol–water partition coefficient (Wildman–Crippen LogP) is -1.07. The minimum Gasteiger partial charge on any atom is -0.468 e. The zero-order chi connectivity index (χ0) is 15.7. The van der Waals surface area contributed by atoms with E-state index in [2.05, 4.69) is 14.8 Å². The van der Waals surface area contributed by atoms with Crippen molar-refractivity contribution in [2.75, 3.05) is 47.0 Å². The number of rotatable bonds is 8. The van der Waals surface area contributed by atoms with Crippen molar-refractivity contribution in [3.63, 3.8) is 0 Å². The summed E-state index contributed by atoms with van der Waals surface area (Å²) in [7, 11) is 2.49. The fourth-order valence-electron chi connectivity index (χ4n) is 1.95. The maximum Gasteiger partial charge on any atom is 0.319 e. The first-order valence-corrected chi connectivity index (χ1v) is 6.79. The van der Waals surface area contributed by atoms with Gasteiger partial charge < -0.3 is 19.5 Å². The van der Waals surface area contributed by atoms with E-state index in [1.807, 2.05) is 0 Å². The fourth-order valence-corrected chi connectivity index (χ4v) is 1.95. The lowest BCUT2D eigenvalue weighted by atomic mass is 10.2. The van der Waals surface area contributed by atoms with E-state index in [1.54, 1.807) is 0 Å². The van der Waals surface area contributed by atoms with E-state index < -0.39 is 11.9 Å². The number of carbonyl (C=O) groups is 3. The first kappa shape index (κ1) is 17.4. The Morgan fingerprint density at radius 3 is 2.24 bits per heavy atom. The summed E-state index contributed by atoms with van der Waals surface area (Å²) in [5, 5.41) is 2.73. The number of nitrogens with one attached hydrogen (secondary N) is 1. The van der Waals surface area contributed by atoms with E-state index in [0.29, 0.717) is 6.54 Å². The van der Waals surface area contributed by atoms with Gasteiger partial charge in [0, 0.05) is 13.2 Å². The maximum atomic E-state index is 11.8. The van der Waals surface area contributed by atoms with Gasteiger partial charge in [0.2, 0.25) is 5.91 Å². The van der Waals surface area contributed by atoms with E-state index in [0.717, 1.165) is 19.4 Å². The molecule has 1 rings (SSSR count). The summed E-state index contributed by atoms with van der Waals surface area (Å²) in [6, 6.07) is 0. The van der Waals surface area contributed by atoms with Crippen LogP contribution in [0.3, 0.4) is 0 Å². The van der Waals surface area contributed by atoms with E-state index in [4.69, 9.17) is 4.74 Å². The molecule has 1 fully saturated rings. The van der Waals surface area contributed by atoms with Crippen LogP contribution in [-0.4, -0.2) is 75.9 Å². The Morgan fingerprint density at radius 2 is 1.76 bits per heavy atom. The highest BCUT2D eigenvalue weighted by molar-refractivity contribution is 5.81. The monoisotopic (exact) mass is 302 g/mol. The summed E-state index contributed by atoms with van der Waals surface area (Å²) in [4.78, 5) is 35.7. The molecule has 21 heavy (non-hydrogen) atoms. The third-order valence-electron chi connectivity index (χ3n) is 3.08. The zero-order valence-electron chi connectivity index (χ0n) is 12.4. The van der Waals surface area contributed by atoms with Gasteiger partial charge >= 0.3 is 11.9 Å². The van der Waals surface area contributed by atoms with Crippen molar-refractivity contribution < 1.29 is 28.6 Å². The molecule has 0 aromatic rings. The van der Waals surface area contributed by atoms with Gasteiger partial charge in [-0.2, -0.15) is 0 Å². The Labute approximate surface area is 123 Å². The number of nitrogens with zero attached hydrogens (tertiary/aromatic N) is 1. The molecule has 120 valence electrons. The highest BCUT2D eigenvalue weighted by atomic mass is 16.5. The first-order valence-electron chi connectivity index (χ1n) is 6.79. The van der Waals surface area contributed by atoms with Gasteiger partial charge in [-0.1, -0.05) is 0 Å². The standard InChI is InChI=1S/C13H22N2O6/c1-19-12(17)8-15(9-13(18)20-2)7-11(16)14-6-10-4-3-5-21-10/h10H,3-9H2,1-2H3,(H,14,16). The molecule has 1 unspecified atom stereocenters. The number of esters is 2. The van der Waals surface area contributed by atoms with Gasteiger partial charge in [0.25, 0.3) is 0 Å². The molecule has 8 nitrogen and oxygen atoms in total. The molecular formula is C13H22N2O6. The molecule has 0 bridgehead atoms. The second-order valence-electron chi connectivity index (χ2n) is 4.74. The zero-order valence-corrected chi connectivity index (χ0v) is 12.4. The SMILES string of the molecule is COC(=O)CN(CC(=O)NCC1CCCO1)CC(=O)OC. The molecule has 1 N–H and O–H groups in total. The normalized spacial score (nSPS) is 17.6. The van der Waals surface area contributed by atoms with Crippen molar-refractivity contribution >= 4 is 17.8 Å². The van der Waals surface area contributed by atoms with Crippen LogP contribution in [0.1, 0.15) is 12.8 Å². The van der Waals surface area contributed by atoms with Gasteiger partial charge in [-0.15, -0.1) is 0 Å². The van der Waals surface area contributed by atoms with Gasteiger partial charge in [-0.3, -0.25) is 19.3 Å². The molecule has 0 saturated carbocycles. The minimum absolute atomic E-state index is 0.0450. The van der Waals surface area contributed by atoms with Gasteiger partial charge in [0.1, 0.15) is 0 Å². The number of amides is 1. The minimum atomic E-state index is -0.522. The molecular weight excluding hydrogens is 280 g/mol. The smallest absolute Gasteiger partial charge is 0.319 e. The van der Waals surface area contributed by atoms with Gasteiger partial charge in [-0.25, -0.2) is 0 Å². The summed E-state index contributed by atoms with van der Waals surface area (Å²) in [5.74, 6) is -1.32. The van der Waals surface area contributed by atoms with Crippen LogP contribution in [0.25, 0.3) is 0 Å². The van der Waals surface area contributed by atoms with Crippen molar-refractivity contribution in [3.05, 3.63) is 0 Å². The number of ether oxygens (including phenoxy) is 3. The average Bonchev–Trinajstić information content (AvgIpc) is 2.97. The molecule has 0 spiro atoms. The van der Waals surface area contributed by atoms with Crippen molar-refractivity contribution in [1.82, 2.24) is 10.2 Å². The first-order chi connectivity index (χ1) is 10.0. The second kappa shape index (κ2) is 9.30. The lowest BCUT2D eigenvalue weighted by molar-refractivity contribution is -0.146. The quantitative estimate of drug-likeness (QED) is 0.570. The lowest BCUT2D eigenvalue weighted by Gasteiger charge is -2.19. The van der Waals surface area contributed by atoms with Crippen LogP contribution in [-0.2, 0) is 28.6 Å². The fraction of sp³-hybridized carbons (Fsp3) is 0.769. The molecule has 1 amide bonds. The maximum absolute atomic E-state index is 11.8. The van der Waals surface area contributed by atoms with E-state index in [9.17, 15) is 14.4 Å². The molecule has 1 heterocycles. The summed E-state index contributed by atoms with van der Waals surface area (Å²) in [6.45, 7) is 0.759. The third-order valence-corrected chi connectivity index (χ3v) is 3.08. The topological polar surface area (TPSA) is 94.2 Å². The number of carbonyl (C=O) groups excluding carboxylic acids is 3. The van der Waals surface area contributed by atoms with Crippen LogP contribution in [0.5, 0.6) is 0 Å². The molecule has 0 aliphatic carbocycles. The van der Waals surface area contributed by atoms with Crippen molar-refractivity contribution in [3.8, 4) is 0 Å². The van der Waals surface area contributed by atoms with Crippen molar-refractivity contribution in [2.24, 2.45) is 0 Å². The molecule has 1 aliphatic heterocycles. The number of methoxy groups -OCH3 is 2. The van der Waals surface area contributed by atoms with Crippen LogP contribution in [0.15, 0.2) is 0 Å². The van der Waals surface area contributed by atoms with E-state index >= 15 is 0 Å². The molecule has 1 saturated heterocycles. The van der Waals surface area contributed by atoms with Gasteiger partial charge in [-0.05, 0) is 12.8 Å². The largest absolute Gasteiger partial charge is 0.468 e.